The fourth-order valence-corrected chi connectivity index (χ4v) is 1.50. The van der Waals surface area contributed by atoms with Crippen molar-refractivity contribution in [3.63, 3.8) is 0 Å². The molecule has 0 saturated heterocycles. The maximum atomic E-state index is 11.4. The fraction of sp³-hybridized carbons (Fsp3) is 0.462. The van der Waals surface area contributed by atoms with Crippen molar-refractivity contribution < 1.29 is 4.79 Å². The lowest BCUT2D eigenvalue weighted by Crippen LogP contribution is -2.34. The molecule has 0 aliphatic carbocycles. The molecule has 1 rings (SSSR count). The Morgan fingerprint density at radius 1 is 1.24 bits per heavy atom. The van der Waals surface area contributed by atoms with Gasteiger partial charge in [-0.3, -0.25) is 4.79 Å². The predicted molar refractivity (Wildman–Crippen MR) is 71.3 cm³/mol. The number of anilines is 1. The van der Waals surface area contributed by atoms with Crippen molar-refractivity contribution in [1.82, 2.24) is 10.6 Å². The summed E-state index contributed by atoms with van der Waals surface area (Å²) in [6, 6.07) is 10.1. The average Bonchev–Trinajstić information content (AvgIpc) is 2.37. The summed E-state index contributed by atoms with van der Waals surface area (Å²) in [6.07, 6.45) is 0.533. The molecule has 0 heterocycles. The second kappa shape index (κ2) is 7.68. The van der Waals surface area contributed by atoms with Crippen LogP contribution in [0.2, 0.25) is 0 Å². The molecule has 0 radical (unpaired) electrons. The van der Waals surface area contributed by atoms with Gasteiger partial charge in [0.15, 0.2) is 0 Å². The van der Waals surface area contributed by atoms with Gasteiger partial charge in [0, 0.05) is 38.8 Å². The number of carbonyl (C=O) groups is 1. The van der Waals surface area contributed by atoms with Crippen molar-refractivity contribution in [3.05, 3.63) is 30.3 Å². The quantitative estimate of drug-likeness (QED) is 0.736. The van der Waals surface area contributed by atoms with Gasteiger partial charge in [0.2, 0.25) is 5.91 Å². The lowest BCUT2D eigenvalue weighted by atomic mass is 10.3. The van der Waals surface area contributed by atoms with Crippen molar-refractivity contribution in [1.29, 1.82) is 0 Å². The second-order valence-corrected chi connectivity index (χ2v) is 3.96. The predicted octanol–water partition coefficient (Wildman–Crippen LogP) is 0.849. The third-order valence-electron chi connectivity index (χ3n) is 2.57. The van der Waals surface area contributed by atoms with Gasteiger partial charge in [-0.2, -0.15) is 0 Å². The SMILES string of the molecule is CNCCC(=O)NCCN(C)c1ccccc1. The van der Waals surface area contributed by atoms with Crippen molar-refractivity contribution >= 4 is 11.6 Å². The first kappa shape index (κ1) is 13.5. The zero-order chi connectivity index (χ0) is 12.5. The van der Waals surface area contributed by atoms with Gasteiger partial charge in [-0.15, -0.1) is 0 Å². The van der Waals surface area contributed by atoms with Crippen molar-refractivity contribution in [2.24, 2.45) is 0 Å². The van der Waals surface area contributed by atoms with E-state index in [0.717, 1.165) is 18.8 Å². The number of hydrogen-bond acceptors (Lipinski definition) is 3. The largest absolute Gasteiger partial charge is 0.373 e. The Bertz CT molecular complexity index is 327. The lowest BCUT2D eigenvalue weighted by molar-refractivity contribution is -0.120. The molecule has 1 aromatic carbocycles. The maximum Gasteiger partial charge on any atom is 0.221 e. The fourth-order valence-electron chi connectivity index (χ4n) is 1.50. The monoisotopic (exact) mass is 235 g/mol. The molecule has 0 fully saturated rings. The van der Waals surface area contributed by atoms with Crippen LogP contribution in [0.15, 0.2) is 30.3 Å². The molecule has 0 spiro atoms. The van der Waals surface area contributed by atoms with Crippen LogP contribution < -0.4 is 15.5 Å². The van der Waals surface area contributed by atoms with E-state index in [0.29, 0.717) is 13.0 Å². The Hall–Kier alpha value is -1.55. The van der Waals surface area contributed by atoms with Crippen LogP contribution in [0.4, 0.5) is 5.69 Å². The van der Waals surface area contributed by atoms with Gasteiger partial charge in [0.05, 0.1) is 0 Å². The Labute approximate surface area is 103 Å². The minimum absolute atomic E-state index is 0.0980. The summed E-state index contributed by atoms with van der Waals surface area (Å²) >= 11 is 0. The molecule has 0 aromatic heterocycles. The highest BCUT2D eigenvalue weighted by molar-refractivity contribution is 5.76. The number of likely N-dealkylation sites (N-methyl/N-ethyl adjacent to an activating group) is 1. The molecule has 94 valence electrons. The molecule has 0 bridgehead atoms. The highest BCUT2D eigenvalue weighted by Crippen LogP contribution is 2.09. The van der Waals surface area contributed by atoms with Crippen LogP contribution in [0.25, 0.3) is 0 Å². The zero-order valence-corrected chi connectivity index (χ0v) is 10.6. The Morgan fingerprint density at radius 3 is 2.59 bits per heavy atom. The van der Waals surface area contributed by atoms with E-state index in [-0.39, 0.29) is 5.91 Å². The molecule has 1 amide bonds. The highest BCUT2D eigenvalue weighted by atomic mass is 16.1. The van der Waals surface area contributed by atoms with Gasteiger partial charge in [-0.25, -0.2) is 0 Å². The van der Waals surface area contributed by atoms with E-state index >= 15 is 0 Å². The van der Waals surface area contributed by atoms with Crippen molar-refractivity contribution in [2.75, 3.05) is 38.6 Å². The molecule has 0 unspecified atom stereocenters. The number of hydrogen-bond donors (Lipinski definition) is 2. The van der Waals surface area contributed by atoms with Crippen molar-refractivity contribution in [2.45, 2.75) is 6.42 Å². The number of para-hydroxylation sites is 1. The van der Waals surface area contributed by atoms with E-state index in [1.807, 2.05) is 32.3 Å². The van der Waals surface area contributed by atoms with E-state index in [9.17, 15) is 4.79 Å². The molecular weight excluding hydrogens is 214 g/mol. The summed E-state index contributed by atoms with van der Waals surface area (Å²) in [5.41, 5.74) is 1.16. The van der Waals surface area contributed by atoms with Crippen LogP contribution in [0.1, 0.15) is 6.42 Å². The van der Waals surface area contributed by atoms with E-state index in [1.54, 1.807) is 0 Å². The van der Waals surface area contributed by atoms with E-state index in [1.165, 1.54) is 0 Å². The van der Waals surface area contributed by atoms with Crippen LogP contribution >= 0.6 is 0 Å². The first-order chi connectivity index (χ1) is 8.24. The van der Waals surface area contributed by atoms with Crippen LogP contribution in [0.5, 0.6) is 0 Å². The standard InChI is InChI=1S/C13H21N3O/c1-14-9-8-13(17)15-10-11-16(2)12-6-4-3-5-7-12/h3-7,14H,8-11H2,1-2H3,(H,15,17). The minimum Gasteiger partial charge on any atom is -0.373 e. The zero-order valence-electron chi connectivity index (χ0n) is 10.6. The molecule has 4 heteroatoms. The Morgan fingerprint density at radius 2 is 1.94 bits per heavy atom. The Kier molecular flexibility index (Phi) is 6.10. The van der Waals surface area contributed by atoms with Crippen LogP contribution in [0, 0.1) is 0 Å². The van der Waals surface area contributed by atoms with Gasteiger partial charge in [0.25, 0.3) is 0 Å². The van der Waals surface area contributed by atoms with Gasteiger partial charge >= 0.3 is 0 Å². The third-order valence-corrected chi connectivity index (χ3v) is 2.57. The summed E-state index contributed by atoms with van der Waals surface area (Å²) < 4.78 is 0. The molecule has 0 aliphatic rings. The number of rotatable bonds is 7. The van der Waals surface area contributed by atoms with E-state index in [2.05, 4.69) is 27.7 Å². The van der Waals surface area contributed by atoms with Crippen LogP contribution in [-0.2, 0) is 4.79 Å². The van der Waals surface area contributed by atoms with Gasteiger partial charge in [-0.1, -0.05) is 18.2 Å². The molecular formula is C13H21N3O. The molecule has 0 aliphatic heterocycles. The molecule has 2 N–H and O–H groups in total. The summed E-state index contributed by atoms with van der Waals surface area (Å²) in [4.78, 5) is 13.5. The number of nitrogens with zero attached hydrogens (tertiary/aromatic N) is 1. The normalized spacial score (nSPS) is 10.0. The van der Waals surface area contributed by atoms with Crippen molar-refractivity contribution in [3.8, 4) is 0 Å². The van der Waals surface area contributed by atoms with E-state index in [4.69, 9.17) is 0 Å². The van der Waals surface area contributed by atoms with Gasteiger partial charge < -0.3 is 15.5 Å². The number of amides is 1. The summed E-state index contributed by atoms with van der Waals surface area (Å²) in [6.45, 7) is 2.21. The topological polar surface area (TPSA) is 44.4 Å². The minimum atomic E-state index is 0.0980. The van der Waals surface area contributed by atoms with E-state index < -0.39 is 0 Å². The van der Waals surface area contributed by atoms with Crippen LogP contribution in [0.3, 0.4) is 0 Å². The number of nitrogens with one attached hydrogen (secondary N) is 2. The van der Waals surface area contributed by atoms with Gasteiger partial charge in [0.1, 0.15) is 0 Å². The average molecular weight is 235 g/mol. The van der Waals surface area contributed by atoms with Gasteiger partial charge in [-0.05, 0) is 19.2 Å². The summed E-state index contributed by atoms with van der Waals surface area (Å²) in [7, 11) is 3.87. The number of carbonyl (C=O) groups excluding carboxylic acids is 1. The molecule has 0 saturated carbocycles. The maximum absolute atomic E-state index is 11.4. The highest BCUT2D eigenvalue weighted by Gasteiger charge is 2.02. The second-order valence-electron chi connectivity index (χ2n) is 3.96. The molecule has 17 heavy (non-hydrogen) atoms. The first-order valence-corrected chi connectivity index (χ1v) is 5.91. The first-order valence-electron chi connectivity index (χ1n) is 5.91. The smallest absolute Gasteiger partial charge is 0.221 e. The van der Waals surface area contributed by atoms with Crippen LogP contribution in [-0.4, -0.2) is 39.6 Å². The summed E-state index contributed by atoms with van der Waals surface area (Å²) in [5.74, 6) is 0.0980. The molecule has 1 aromatic rings. The Balaban J connectivity index is 2.20. The third kappa shape index (κ3) is 5.36. The molecule has 4 nitrogen and oxygen atoms in total. The molecule has 0 atom stereocenters. The lowest BCUT2D eigenvalue weighted by Gasteiger charge is -2.19. The summed E-state index contributed by atoms with van der Waals surface area (Å²) in [5, 5.41) is 5.85. The number of benzene rings is 1.